The van der Waals surface area contributed by atoms with Crippen molar-refractivity contribution in [2.75, 3.05) is 27.4 Å². The maximum Gasteiger partial charge on any atom is 0.336 e. The Labute approximate surface area is 190 Å². The maximum atomic E-state index is 13.6. The number of methoxy groups -OCH3 is 2. The molecule has 3 rings (SSSR count). The molecule has 33 heavy (non-hydrogen) atoms. The average molecular weight is 458 g/mol. The third-order valence-corrected chi connectivity index (χ3v) is 5.90. The van der Waals surface area contributed by atoms with E-state index < -0.39 is 34.5 Å². The minimum Gasteiger partial charge on any atom is -0.468 e. The zero-order valence-electron chi connectivity index (χ0n) is 18.9. The molecule has 0 aromatic heterocycles. The molecule has 1 aliphatic heterocycles. The molecule has 1 aromatic rings. The molecule has 10 nitrogen and oxygen atoms in total. The first-order valence-electron chi connectivity index (χ1n) is 10.4. The summed E-state index contributed by atoms with van der Waals surface area (Å²) in [7, 11) is 2.68. The largest absolute Gasteiger partial charge is 0.468 e. The molecule has 1 heterocycles. The first-order valence-corrected chi connectivity index (χ1v) is 10.4. The van der Waals surface area contributed by atoms with E-state index in [1.807, 2.05) is 0 Å². The van der Waals surface area contributed by atoms with Crippen molar-refractivity contribution in [2.24, 2.45) is 11.8 Å². The van der Waals surface area contributed by atoms with Crippen LogP contribution in [0.3, 0.4) is 0 Å². The molecule has 1 aliphatic carbocycles. The van der Waals surface area contributed by atoms with Gasteiger partial charge in [-0.1, -0.05) is 19.1 Å². The van der Waals surface area contributed by atoms with Gasteiger partial charge in [-0.2, -0.15) is 0 Å². The van der Waals surface area contributed by atoms with E-state index in [2.05, 4.69) is 5.32 Å². The average Bonchev–Trinajstić information content (AvgIpc) is 2.78. The fourth-order valence-electron chi connectivity index (χ4n) is 4.40. The molecule has 1 N–H and O–H groups in total. The van der Waals surface area contributed by atoms with Crippen LogP contribution in [-0.4, -0.2) is 50.1 Å². The van der Waals surface area contributed by atoms with Gasteiger partial charge in [0, 0.05) is 42.1 Å². The monoisotopic (exact) mass is 458 g/mol. The van der Waals surface area contributed by atoms with Crippen LogP contribution in [0, 0.1) is 22.0 Å². The fraction of sp³-hybridized carbons (Fsp3) is 0.435. The number of nitrogens with one attached hydrogen (secondary N) is 1. The Balaban J connectivity index is 2.16. The zero-order chi connectivity index (χ0) is 24.3. The second kappa shape index (κ2) is 9.95. The molecule has 0 amide bonds. The maximum absolute atomic E-state index is 13.6. The minimum absolute atomic E-state index is 0.00452. The van der Waals surface area contributed by atoms with Gasteiger partial charge in [0.15, 0.2) is 5.78 Å². The molecule has 1 aromatic carbocycles. The summed E-state index contributed by atoms with van der Waals surface area (Å²) in [6.07, 6.45) is 0.371. The van der Waals surface area contributed by atoms with Crippen LogP contribution in [0.4, 0.5) is 5.69 Å². The van der Waals surface area contributed by atoms with Gasteiger partial charge in [-0.05, 0) is 24.8 Å². The predicted octanol–water partition coefficient (Wildman–Crippen LogP) is 2.40. The Bertz CT molecular complexity index is 1060. The summed E-state index contributed by atoms with van der Waals surface area (Å²) in [5, 5.41) is 14.5. The van der Waals surface area contributed by atoms with E-state index in [0.29, 0.717) is 23.4 Å². The van der Waals surface area contributed by atoms with Crippen molar-refractivity contribution in [2.45, 2.75) is 26.2 Å². The second-order valence-electron chi connectivity index (χ2n) is 8.02. The van der Waals surface area contributed by atoms with Crippen molar-refractivity contribution in [1.29, 1.82) is 0 Å². The van der Waals surface area contributed by atoms with Gasteiger partial charge in [0.2, 0.25) is 0 Å². The number of dihydropyridines is 1. The number of hydrogen-bond acceptors (Lipinski definition) is 9. The molecule has 0 fully saturated rings. The summed E-state index contributed by atoms with van der Waals surface area (Å²) in [5.74, 6) is -4.13. The summed E-state index contributed by atoms with van der Waals surface area (Å²) in [4.78, 5) is 49.9. The highest BCUT2D eigenvalue weighted by Crippen LogP contribution is 2.45. The minimum atomic E-state index is -1.04. The molecule has 176 valence electrons. The number of nitrogens with zero attached hydrogens (tertiary/aromatic N) is 1. The number of Topliss-reactive ketones (excluding diaryl/α,β-unsaturated/α-hetero) is 1. The molecule has 0 saturated carbocycles. The van der Waals surface area contributed by atoms with Crippen molar-refractivity contribution in [3.05, 3.63) is 62.5 Å². The zero-order valence-corrected chi connectivity index (χ0v) is 18.9. The third kappa shape index (κ3) is 4.65. The number of carbonyl (C=O) groups excluding carboxylic acids is 3. The van der Waals surface area contributed by atoms with Crippen molar-refractivity contribution in [3.63, 3.8) is 0 Å². The van der Waals surface area contributed by atoms with Crippen LogP contribution in [0.2, 0.25) is 0 Å². The topological polar surface area (TPSA) is 134 Å². The SMILES string of the molecule is COCCOC(=O)C1=C(C)NC2=C(C(=O)C(C(=O)OC)C(C)C2)C1c1cccc([N+](=O)[O-])c1. The Hall–Kier alpha value is -3.53. The molecular weight excluding hydrogens is 432 g/mol. The first kappa shape index (κ1) is 24.1. The van der Waals surface area contributed by atoms with Gasteiger partial charge in [-0.15, -0.1) is 0 Å². The van der Waals surface area contributed by atoms with Gasteiger partial charge in [-0.25, -0.2) is 4.79 Å². The number of benzene rings is 1. The first-order chi connectivity index (χ1) is 15.7. The van der Waals surface area contributed by atoms with Crippen LogP contribution < -0.4 is 5.32 Å². The van der Waals surface area contributed by atoms with Crippen molar-refractivity contribution in [3.8, 4) is 0 Å². The molecule has 0 bridgehead atoms. The Morgan fingerprint density at radius 2 is 1.97 bits per heavy atom. The van der Waals surface area contributed by atoms with Crippen LogP contribution in [0.25, 0.3) is 0 Å². The Morgan fingerprint density at radius 3 is 2.61 bits per heavy atom. The van der Waals surface area contributed by atoms with E-state index in [1.54, 1.807) is 19.9 Å². The number of hydrogen-bond donors (Lipinski definition) is 1. The van der Waals surface area contributed by atoms with Crippen LogP contribution in [0.5, 0.6) is 0 Å². The number of ketones is 1. The third-order valence-electron chi connectivity index (χ3n) is 5.90. The lowest BCUT2D eigenvalue weighted by Crippen LogP contribution is -2.43. The van der Waals surface area contributed by atoms with Crippen molar-refractivity contribution >= 4 is 23.4 Å². The number of esters is 2. The van der Waals surface area contributed by atoms with E-state index in [0.717, 1.165) is 0 Å². The van der Waals surface area contributed by atoms with Gasteiger partial charge in [0.25, 0.3) is 5.69 Å². The summed E-state index contributed by atoms with van der Waals surface area (Å²) >= 11 is 0. The van der Waals surface area contributed by atoms with Gasteiger partial charge in [0.1, 0.15) is 12.5 Å². The highest BCUT2D eigenvalue weighted by molar-refractivity contribution is 6.12. The number of nitro groups is 1. The number of non-ortho nitro benzene ring substituents is 1. The van der Waals surface area contributed by atoms with E-state index in [-0.39, 0.29) is 36.0 Å². The van der Waals surface area contributed by atoms with Crippen LogP contribution in [0.1, 0.15) is 31.7 Å². The van der Waals surface area contributed by atoms with E-state index in [4.69, 9.17) is 14.2 Å². The predicted molar refractivity (Wildman–Crippen MR) is 116 cm³/mol. The van der Waals surface area contributed by atoms with E-state index in [1.165, 1.54) is 32.4 Å². The van der Waals surface area contributed by atoms with Crippen molar-refractivity contribution in [1.82, 2.24) is 5.32 Å². The molecule has 0 spiro atoms. The highest BCUT2D eigenvalue weighted by atomic mass is 16.6. The van der Waals surface area contributed by atoms with E-state index >= 15 is 0 Å². The smallest absolute Gasteiger partial charge is 0.336 e. The van der Waals surface area contributed by atoms with Crippen LogP contribution in [-0.2, 0) is 28.6 Å². The Morgan fingerprint density at radius 1 is 1.24 bits per heavy atom. The molecule has 0 saturated heterocycles. The van der Waals surface area contributed by atoms with Gasteiger partial charge < -0.3 is 19.5 Å². The highest BCUT2D eigenvalue weighted by Gasteiger charge is 2.47. The van der Waals surface area contributed by atoms with Crippen LogP contribution in [0.15, 0.2) is 46.8 Å². The number of carbonyl (C=O) groups is 3. The Kier molecular flexibility index (Phi) is 7.27. The summed E-state index contributed by atoms with van der Waals surface area (Å²) < 4.78 is 15.1. The van der Waals surface area contributed by atoms with Gasteiger partial charge >= 0.3 is 11.9 Å². The number of rotatable bonds is 7. The molecule has 3 unspecified atom stereocenters. The summed E-state index contributed by atoms with van der Waals surface area (Å²) in [6, 6.07) is 5.76. The van der Waals surface area contributed by atoms with Crippen LogP contribution >= 0.6 is 0 Å². The lowest BCUT2D eigenvalue weighted by Gasteiger charge is -2.38. The van der Waals surface area contributed by atoms with Gasteiger partial charge in [-0.3, -0.25) is 19.7 Å². The lowest BCUT2D eigenvalue weighted by atomic mass is 9.69. The second-order valence-corrected chi connectivity index (χ2v) is 8.02. The normalized spacial score (nSPS) is 22.4. The standard InChI is InChI=1S/C23H26N2O8/c1-12-10-16-20(21(26)17(12)22(27)32-4)19(14-6-5-7-15(11-14)25(29)30)18(13(2)24-16)23(28)33-9-8-31-3/h5-7,11-12,17,19,24H,8-10H2,1-4H3. The molecule has 3 atom stereocenters. The molecule has 2 aliphatic rings. The quantitative estimate of drug-likeness (QED) is 0.215. The summed E-state index contributed by atoms with van der Waals surface area (Å²) in [5.41, 5.74) is 1.62. The number of nitro benzene ring substituents is 1. The number of ether oxygens (including phenoxy) is 3. The summed E-state index contributed by atoms with van der Waals surface area (Å²) in [6.45, 7) is 3.64. The lowest BCUT2D eigenvalue weighted by molar-refractivity contribution is -0.384. The number of allylic oxidation sites excluding steroid dienone is 3. The molecular formula is C23H26N2O8. The molecule has 10 heteroatoms. The van der Waals surface area contributed by atoms with Crippen molar-refractivity contribution < 1.29 is 33.5 Å². The van der Waals surface area contributed by atoms with E-state index in [9.17, 15) is 24.5 Å². The molecule has 0 radical (unpaired) electrons. The fourth-order valence-corrected chi connectivity index (χ4v) is 4.40. The van der Waals surface area contributed by atoms with Gasteiger partial charge in [0.05, 0.1) is 24.2 Å².